The molecule has 7 nitrogen and oxygen atoms in total. The van der Waals surface area contributed by atoms with Crippen LogP contribution in [0.2, 0.25) is 0 Å². The summed E-state index contributed by atoms with van der Waals surface area (Å²) in [4.78, 5) is 0. The van der Waals surface area contributed by atoms with Crippen molar-refractivity contribution in [1.82, 2.24) is 15.5 Å². The lowest BCUT2D eigenvalue weighted by molar-refractivity contribution is 0.116. The van der Waals surface area contributed by atoms with Gasteiger partial charge in [0.25, 0.3) is 5.89 Å². The summed E-state index contributed by atoms with van der Waals surface area (Å²) in [5.74, 6) is -0.753. The number of anilines is 1. The van der Waals surface area contributed by atoms with Gasteiger partial charge in [0.1, 0.15) is 0 Å². The minimum atomic E-state index is -3.51. The van der Waals surface area contributed by atoms with E-state index in [0.717, 1.165) is 29.5 Å². The topological polar surface area (TPSA) is 88.3 Å². The van der Waals surface area contributed by atoms with Crippen LogP contribution in [-0.4, -0.2) is 24.9 Å². The van der Waals surface area contributed by atoms with Crippen molar-refractivity contribution in [2.75, 3.05) is 10.6 Å². The molecule has 160 valence electrons. The Bertz CT molecular complexity index is 1140. The fourth-order valence-electron chi connectivity index (χ4n) is 3.19. The van der Waals surface area contributed by atoms with E-state index in [1.165, 1.54) is 4.31 Å². The lowest BCUT2D eigenvalue weighted by atomic mass is 10.1. The highest BCUT2D eigenvalue weighted by atomic mass is 35.5. The van der Waals surface area contributed by atoms with Crippen LogP contribution in [0.5, 0.6) is 0 Å². The molecule has 0 bridgehead atoms. The number of aromatic nitrogens is 2. The van der Waals surface area contributed by atoms with E-state index >= 15 is 0 Å². The van der Waals surface area contributed by atoms with E-state index in [0.29, 0.717) is 17.8 Å². The highest BCUT2D eigenvalue weighted by molar-refractivity contribution is 7.92. The Morgan fingerprint density at radius 1 is 1.10 bits per heavy atom. The van der Waals surface area contributed by atoms with Crippen molar-refractivity contribution in [3.05, 3.63) is 65.0 Å². The third-order valence-corrected chi connectivity index (χ3v) is 5.80. The lowest BCUT2D eigenvalue weighted by Crippen LogP contribution is -2.29. The summed E-state index contributed by atoms with van der Waals surface area (Å²) in [6.45, 7) is 1.62. The number of rotatable bonds is 6. The molecule has 0 aliphatic carbocycles. The first kappa shape index (κ1) is 22.1. The van der Waals surface area contributed by atoms with Gasteiger partial charge >= 0.3 is 6.43 Å². The van der Waals surface area contributed by atoms with Gasteiger partial charge in [-0.3, -0.25) is 4.31 Å². The summed E-state index contributed by atoms with van der Waals surface area (Å²) >= 11 is 0. The van der Waals surface area contributed by atoms with Crippen molar-refractivity contribution in [3.8, 4) is 11.5 Å². The van der Waals surface area contributed by atoms with Gasteiger partial charge in [0, 0.05) is 18.7 Å². The predicted molar refractivity (Wildman–Crippen MR) is 110 cm³/mol. The summed E-state index contributed by atoms with van der Waals surface area (Å²) < 4.78 is 56.3. The average molecular weight is 457 g/mol. The second kappa shape index (κ2) is 8.66. The molecule has 0 saturated carbocycles. The Balaban J connectivity index is 0.00000256. The van der Waals surface area contributed by atoms with Gasteiger partial charge in [-0.05, 0) is 41.0 Å². The summed E-state index contributed by atoms with van der Waals surface area (Å²) in [7, 11) is -3.51. The van der Waals surface area contributed by atoms with Crippen LogP contribution < -0.4 is 9.62 Å². The molecule has 3 aromatic rings. The maximum atomic E-state index is 12.6. The predicted octanol–water partition coefficient (Wildman–Crippen LogP) is 3.67. The van der Waals surface area contributed by atoms with Gasteiger partial charge in [0.2, 0.25) is 15.9 Å². The Morgan fingerprint density at radius 3 is 2.43 bits per heavy atom. The standard InChI is InChI=1S/C19H18F2N4O3S.ClH/c1-29(26,27)25(16-7-6-14-9-22-10-15(14)8-16)11-12-2-4-13(5-3-12)18-23-24-19(28-18)17(20)21;/h2-8,17,22H,9-11H2,1H3;1H. The van der Waals surface area contributed by atoms with Gasteiger partial charge in [-0.25, -0.2) is 8.42 Å². The van der Waals surface area contributed by atoms with Gasteiger partial charge < -0.3 is 9.73 Å². The van der Waals surface area contributed by atoms with Crippen LogP contribution in [0.25, 0.3) is 11.5 Å². The van der Waals surface area contributed by atoms with Crippen molar-refractivity contribution < 1.29 is 21.6 Å². The van der Waals surface area contributed by atoms with Crippen LogP contribution in [0.3, 0.4) is 0 Å². The Labute approximate surface area is 178 Å². The number of hydrogen-bond donors (Lipinski definition) is 1. The first-order valence-electron chi connectivity index (χ1n) is 8.82. The molecular formula is C19H19ClF2N4O3S. The molecule has 1 aliphatic rings. The highest BCUT2D eigenvalue weighted by Crippen LogP contribution is 2.27. The number of benzene rings is 2. The van der Waals surface area contributed by atoms with Crippen molar-refractivity contribution in [2.24, 2.45) is 0 Å². The number of fused-ring (bicyclic) bond motifs is 1. The van der Waals surface area contributed by atoms with E-state index in [4.69, 9.17) is 4.42 Å². The molecule has 0 spiro atoms. The Hall–Kier alpha value is -2.56. The zero-order valence-corrected chi connectivity index (χ0v) is 17.5. The zero-order chi connectivity index (χ0) is 20.6. The second-order valence-electron chi connectivity index (χ2n) is 6.77. The van der Waals surface area contributed by atoms with E-state index in [2.05, 4.69) is 15.5 Å². The van der Waals surface area contributed by atoms with Crippen LogP contribution in [0, 0.1) is 0 Å². The molecule has 30 heavy (non-hydrogen) atoms. The molecule has 0 unspecified atom stereocenters. The molecule has 2 heterocycles. The van der Waals surface area contributed by atoms with Crippen LogP contribution in [-0.2, 0) is 29.7 Å². The molecule has 1 aliphatic heterocycles. The van der Waals surface area contributed by atoms with Gasteiger partial charge in [-0.1, -0.05) is 18.2 Å². The van der Waals surface area contributed by atoms with E-state index in [9.17, 15) is 17.2 Å². The molecule has 0 saturated heterocycles. The quantitative estimate of drug-likeness (QED) is 0.609. The van der Waals surface area contributed by atoms with Crippen LogP contribution in [0.1, 0.15) is 29.0 Å². The minimum absolute atomic E-state index is 0. The number of alkyl halides is 2. The average Bonchev–Trinajstić information content (AvgIpc) is 3.34. The molecule has 2 aromatic carbocycles. The maximum Gasteiger partial charge on any atom is 0.314 e. The number of hydrogen-bond acceptors (Lipinski definition) is 6. The van der Waals surface area contributed by atoms with Crippen molar-refractivity contribution in [2.45, 2.75) is 26.1 Å². The molecule has 4 rings (SSSR count). The van der Waals surface area contributed by atoms with Gasteiger partial charge in [-0.2, -0.15) is 8.78 Å². The first-order chi connectivity index (χ1) is 13.8. The molecule has 0 amide bonds. The smallest absolute Gasteiger partial charge is 0.314 e. The maximum absolute atomic E-state index is 12.6. The van der Waals surface area contributed by atoms with E-state index in [1.807, 2.05) is 12.1 Å². The number of nitrogens with zero attached hydrogens (tertiary/aromatic N) is 3. The van der Waals surface area contributed by atoms with Crippen LogP contribution >= 0.6 is 12.4 Å². The summed E-state index contributed by atoms with van der Waals surface area (Å²) in [5, 5.41) is 10.2. The zero-order valence-electron chi connectivity index (χ0n) is 15.9. The summed E-state index contributed by atoms with van der Waals surface area (Å²) in [5.41, 5.74) is 4.04. The third kappa shape index (κ3) is 4.61. The monoisotopic (exact) mass is 456 g/mol. The second-order valence-corrected chi connectivity index (χ2v) is 8.68. The van der Waals surface area contributed by atoms with Crippen molar-refractivity contribution >= 4 is 28.1 Å². The molecule has 11 heteroatoms. The van der Waals surface area contributed by atoms with Gasteiger partial charge in [0.05, 0.1) is 18.5 Å². The molecule has 0 radical (unpaired) electrons. The molecule has 1 aromatic heterocycles. The third-order valence-electron chi connectivity index (χ3n) is 4.66. The first-order valence-corrected chi connectivity index (χ1v) is 10.7. The molecule has 1 N–H and O–H groups in total. The van der Waals surface area contributed by atoms with Crippen molar-refractivity contribution in [1.29, 1.82) is 0 Å². The summed E-state index contributed by atoms with van der Waals surface area (Å²) in [6.07, 6.45) is -1.67. The van der Waals surface area contributed by atoms with E-state index < -0.39 is 22.3 Å². The summed E-state index contributed by atoms with van der Waals surface area (Å²) in [6, 6.07) is 12.3. The van der Waals surface area contributed by atoms with E-state index in [-0.39, 0.29) is 24.8 Å². The van der Waals surface area contributed by atoms with Gasteiger partial charge in [-0.15, -0.1) is 22.6 Å². The van der Waals surface area contributed by atoms with Crippen LogP contribution in [0.4, 0.5) is 14.5 Å². The highest BCUT2D eigenvalue weighted by Gasteiger charge is 2.21. The van der Waals surface area contributed by atoms with Crippen LogP contribution in [0.15, 0.2) is 46.9 Å². The molecule has 0 fully saturated rings. The normalized spacial score (nSPS) is 13.2. The largest absolute Gasteiger partial charge is 0.415 e. The fourth-order valence-corrected chi connectivity index (χ4v) is 4.07. The van der Waals surface area contributed by atoms with Crippen molar-refractivity contribution in [3.63, 3.8) is 0 Å². The Kier molecular flexibility index (Phi) is 6.39. The molecule has 0 atom stereocenters. The van der Waals surface area contributed by atoms with Gasteiger partial charge in [0.15, 0.2) is 0 Å². The number of halogens is 3. The Morgan fingerprint density at radius 2 is 1.80 bits per heavy atom. The number of sulfonamides is 1. The SMILES string of the molecule is CS(=O)(=O)N(Cc1ccc(-c2nnc(C(F)F)o2)cc1)c1ccc2c(c1)CNC2.Cl. The minimum Gasteiger partial charge on any atom is -0.415 e. The van der Waals surface area contributed by atoms with E-state index in [1.54, 1.807) is 30.3 Å². The fraction of sp³-hybridized carbons (Fsp3) is 0.263. The number of nitrogens with one attached hydrogen (secondary N) is 1. The lowest BCUT2D eigenvalue weighted by Gasteiger charge is -2.23. The molecular weight excluding hydrogens is 438 g/mol.